The van der Waals surface area contributed by atoms with Crippen LogP contribution in [0.15, 0.2) is 29.4 Å². The largest absolute Gasteiger partial charge is 0.376 e. The van der Waals surface area contributed by atoms with Crippen molar-refractivity contribution in [3.63, 3.8) is 0 Å². The Morgan fingerprint density at radius 1 is 1.42 bits per heavy atom. The Morgan fingerprint density at radius 3 is 2.85 bits per heavy atom. The maximum absolute atomic E-state index is 12.1. The minimum atomic E-state index is -0.250. The quantitative estimate of drug-likeness (QED) is 0.729. The molecule has 1 aliphatic rings. The first-order chi connectivity index (χ1) is 12.6. The minimum Gasteiger partial charge on any atom is -0.376 e. The summed E-state index contributed by atoms with van der Waals surface area (Å²) < 4.78 is 7.85. The second kappa shape index (κ2) is 8.88. The van der Waals surface area contributed by atoms with Gasteiger partial charge in [-0.05, 0) is 51.0 Å². The third kappa shape index (κ3) is 4.58. The number of benzene rings is 1. The molecule has 6 nitrogen and oxygen atoms in total. The van der Waals surface area contributed by atoms with Gasteiger partial charge in [-0.3, -0.25) is 9.36 Å². The highest BCUT2D eigenvalue weighted by Crippen LogP contribution is 2.29. The number of aromatic nitrogens is 3. The molecule has 26 heavy (non-hydrogen) atoms. The number of hydrogen-bond donors (Lipinski definition) is 1. The molecule has 1 amide bonds. The molecule has 1 N–H and O–H groups in total. The molecule has 8 heteroatoms. The van der Waals surface area contributed by atoms with Gasteiger partial charge in [0.05, 0.1) is 17.9 Å². The lowest BCUT2D eigenvalue weighted by atomic mass is 10.2. The maximum Gasteiger partial charge on any atom is 0.233 e. The molecule has 0 radical (unpaired) electrons. The van der Waals surface area contributed by atoms with E-state index in [9.17, 15) is 4.79 Å². The third-order valence-electron chi connectivity index (χ3n) is 4.23. The summed E-state index contributed by atoms with van der Waals surface area (Å²) in [6.07, 6.45) is 2.24. The average molecular weight is 395 g/mol. The van der Waals surface area contributed by atoms with E-state index in [-0.39, 0.29) is 17.3 Å². The smallest absolute Gasteiger partial charge is 0.233 e. The van der Waals surface area contributed by atoms with E-state index in [0.717, 1.165) is 36.0 Å². The van der Waals surface area contributed by atoms with Crippen LogP contribution in [0.1, 0.15) is 26.7 Å². The first kappa shape index (κ1) is 19.2. The molecular formula is C18H23ClN4O2S. The van der Waals surface area contributed by atoms with Crippen molar-refractivity contribution in [2.24, 2.45) is 0 Å². The molecule has 140 valence electrons. The summed E-state index contributed by atoms with van der Waals surface area (Å²) in [6.45, 7) is 5.87. The van der Waals surface area contributed by atoms with Gasteiger partial charge < -0.3 is 10.1 Å². The molecule has 1 aromatic carbocycles. The van der Waals surface area contributed by atoms with E-state index < -0.39 is 0 Å². The Morgan fingerprint density at radius 2 is 2.19 bits per heavy atom. The number of carbonyl (C=O) groups excluding carboxylic acids is 1. The number of nitrogens with zero attached hydrogens (tertiary/aromatic N) is 3. The standard InChI is InChI=1S/C18H23ClN4O2S/c1-3-20-17(24)12(2)26-18-22-21-16(13-6-8-14(19)9-7-13)23(18)11-15-5-4-10-25-15/h6-9,12,15H,3-5,10-11H2,1-2H3,(H,20,24)/t12-,15+/m0/s1. The second-order valence-corrected chi connectivity index (χ2v) is 7.96. The number of nitrogens with one attached hydrogen (secondary N) is 1. The van der Waals surface area contributed by atoms with Crippen molar-refractivity contribution in [3.05, 3.63) is 29.3 Å². The molecule has 0 spiro atoms. The summed E-state index contributed by atoms with van der Waals surface area (Å²) in [4.78, 5) is 12.1. The molecule has 1 saturated heterocycles. The predicted molar refractivity (Wildman–Crippen MR) is 103 cm³/mol. The lowest BCUT2D eigenvalue weighted by Crippen LogP contribution is -2.30. The molecule has 2 aromatic rings. The molecule has 1 fully saturated rings. The molecular weight excluding hydrogens is 372 g/mol. The van der Waals surface area contributed by atoms with Crippen LogP contribution < -0.4 is 5.32 Å². The molecule has 0 aliphatic carbocycles. The fourth-order valence-electron chi connectivity index (χ4n) is 2.87. The Hall–Kier alpha value is -1.57. The van der Waals surface area contributed by atoms with Gasteiger partial charge in [0, 0.05) is 23.7 Å². The van der Waals surface area contributed by atoms with Crippen LogP contribution in [-0.4, -0.2) is 45.2 Å². The summed E-state index contributed by atoms with van der Waals surface area (Å²) >= 11 is 7.42. The summed E-state index contributed by atoms with van der Waals surface area (Å²) in [5.74, 6) is 0.764. The lowest BCUT2D eigenvalue weighted by Gasteiger charge is -2.16. The molecule has 2 atom stereocenters. The van der Waals surface area contributed by atoms with E-state index in [0.29, 0.717) is 18.1 Å². The van der Waals surface area contributed by atoms with E-state index in [4.69, 9.17) is 16.3 Å². The predicted octanol–water partition coefficient (Wildman–Crippen LogP) is 3.39. The van der Waals surface area contributed by atoms with E-state index in [1.165, 1.54) is 11.8 Å². The third-order valence-corrected chi connectivity index (χ3v) is 5.56. The number of carbonyl (C=O) groups is 1. The first-order valence-corrected chi connectivity index (χ1v) is 10.1. The fraction of sp³-hybridized carbons (Fsp3) is 0.500. The van der Waals surface area contributed by atoms with Crippen molar-refractivity contribution in [3.8, 4) is 11.4 Å². The van der Waals surface area contributed by atoms with Crippen LogP contribution in [0.25, 0.3) is 11.4 Å². The van der Waals surface area contributed by atoms with Gasteiger partial charge in [0.2, 0.25) is 5.91 Å². The lowest BCUT2D eigenvalue weighted by molar-refractivity contribution is -0.120. The highest BCUT2D eigenvalue weighted by molar-refractivity contribution is 8.00. The number of hydrogen-bond acceptors (Lipinski definition) is 5. The number of ether oxygens (including phenoxy) is 1. The van der Waals surface area contributed by atoms with Crippen molar-refractivity contribution < 1.29 is 9.53 Å². The summed E-state index contributed by atoms with van der Waals surface area (Å²) in [6, 6.07) is 7.54. The zero-order valence-corrected chi connectivity index (χ0v) is 16.5. The van der Waals surface area contributed by atoms with E-state index in [1.54, 1.807) is 0 Å². The fourth-order valence-corrected chi connectivity index (χ4v) is 3.88. The number of halogens is 1. The van der Waals surface area contributed by atoms with Crippen molar-refractivity contribution >= 4 is 29.3 Å². The second-order valence-electron chi connectivity index (χ2n) is 6.21. The van der Waals surface area contributed by atoms with E-state index >= 15 is 0 Å². The number of amides is 1. The molecule has 1 aromatic heterocycles. The molecule has 0 saturated carbocycles. The highest BCUT2D eigenvalue weighted by Gasteiger charge is 2.24. The van der Waals surface area contributed by atoms with Crippen molar-refractivity contribution in [2.75, 3.05) is 13.2 Å². The van der Waals surface area contributed by atoms with Gasteiger partial charge in [-0.1, -0.05) is 23.4 Å². The van der Waals surface area contributed by atoms with Crippen molar-refractivity contribution in [1.82, 2.24) is 20.1 Å². The Bertz CT molecular complexity index is 744. The van der Waals surface area contributed by atoms with Gasteiger partial charge in [-0.2, -0.15) is 0 Å². The van der Waals surface area contributed by atoms with Gasteiger partial charge >= 0.3 is 0 Å². The number of rotatable bonds is 7. The summed E-state index contributed by atoms with van der Waals surface area (Å²) in [5.41, 5.74) is 0.942. The molecule has 0 bridgehead atoms. The first-order valence-electron chi connectivity index (χ1n) is 8.83. The van der Waals surface area contributed by atoms with E-state index in [1.807, 2.05) is 38.1 Å². The van der Waals surface area contributed by atoms with Crippen LogP contribution in [0.5, 0.6) is 0 Å². The zero-order chi connectivity index (χ0) is 18.5. The van der Waals surface area contributed by atoms with E-state index in [2.05, 4.69) is 20.1 Å². The van der Waals surface area contributed by atoms with Crippen LogP contribution in [0.4, 0.5) is 0 Å². The van der Waals surface area contributed by atoms with Crippen molar-refractivity contribution in [2.45, 2.75) is 49.7 Å². The van der Waals surface area contributed by atoms with Gasteiger partial charge in [-0.25, -0.2) is 0 Å². The molecule has 2 heterocycles. The molecule has 1 aliphatic heterocycles. The maximum atomic E-state index is 12.1. The van der Waals surface area contributed by atoms with Crippen LogP contribution in [0, 0.1) is 0 Å². The van der Waals surface area contributed by atoms with Gasteiger partial charge in [-0.15, -0.1) is 10.2 Å². The minimum absolute atomic E-state index is 0.00258. The summed E-state index contributed by atoms with van der Waals surface area (Å²) in [7, 11) is 0. The normalized spacial score (nSPS) is 18.0. The molecule has 3 rings (SSSR count). The van der Waals surface area contributed by atoms with Crippen LogP contribution in [-0.2, 0) is 16.1 Å². The van der Waals surface area contributed by atoms with Crippen molar-refractivity contribution in [1.29, 1.82) is 0 Å². The van der Waals surface area contributed by atoms with Crippen LogP contribution in [0.3, 0.4) is 0 Å². The highest BCUT2D eigenvalue weighted by atomic mass is 35.5. The van der Waals surface area contributed by atoms with Crippen LogP contribution in [0.2, 0.25) is 5.02 Å². The SMILES string of the molecule is CCNC(=O)[C@H](C)Sc1nnc(-c2ccc(Cl)cc2)n1C[C@H]1CCCO1. The zero-order valence-electron chi connectivity index (χ0n) is 14.9. The van der Waals surface area contributed by atoms with Gasteiger partial charge in [0.25, 0.3) is 0 Å². The Balaban J connectivity index is 1.88. The van der Waals surface area contributed by atoms with Gasteiger partial charge in [0.15, 0.2) is 11.0 Å². The van der Waals surface area contributed by atoms with Crippen LogP contribution >= 0.6 is 23.4 Å². The summed E-state index contributed by atoms with van der Waals surface area (Å²) in [5, 5.41) is 12.7. The number of thioether (sulfide) groups is 1. The average Bonchev–Trinajstić information content (AvgIpc) is 3.27. The topological polar surface area (TPSA) is 69.0 Å². The molecule has 0 unspecified atom stereocenters. The monoisotopic (exact) mass is 394 g/mol. The Labute approximate surface area is 162 Å². The Kier molecular flexibility index (Phi) is 6.56. The van der Waals surface area contributed by atoms with Gasteiger partial charge in [0.1, 0.15) is 0 Å².